The minimum atomic E-state index is -3.58. The Balaban J connectivity index is 2.88. The number of hydrogen-bond acceptors (Lipinski definition) is 5. The summed E-state index contributed by atoms with van der Waals surface area (Å²) in [5.74, 6) is -1.60. The van der Waals surface area contributed by atoms with E-state index in [1.165, 1.54) is 12.1 Å². The number of carbonyl (C=O) groups excluding carboxylic acids is 1. The number of benzene rings is 1. The number of sulfone groups is 1. The minimum Gasteiger partial charge on any atom is -0.478 e. The fourth-order valence-electron chi connectivity index (χ4n) is 1.71. The van der Waals surface area contributed by atoms with Crippen molar-refractivity contribution < 1.29 is 27.9 Å². The smallest absolute Gasteiger partial charge is 0.335 e. The van der Waals surface area contributed by atoms with Crippen molar-refractivity contribution >= 4 is 27.4 Å². The van der Waals surface area contributed by atoms with Crippen LogP contribution < -0.4 is 5.32 Å². The van der Waals surface area contributed by atoms with Crippen molar-refractivity contribution in [2.75, 3.05) is 24.8 Å². The molecule has 0 spiro atoms. The van der Waals surface area contributed by atoms with Crippen LogP contribution in [0.5, 0.6) is 0 Å². The van der Waals surface area contributed by atoms with E-state index in [9.17, 15) is 18.0 Å². The molecule has 1 rings (SSSR count). The van der Waals surface area contributed by atoms with Crippen LogP contribution in [0.2, 0.25) is 0 Å². The zero-order valence-electron chi connectivity index (χ0n) is 12.5. The van der Waals surface area contributed by atoms with E-state index in [-0.39, 0.29) is 28.5 Å². The van der Waals surface area contributed by atoms with Gasteiger partial charge in [0.1, 0.15) is 0 Å². The van der Waals surface area contributed by atoms with Crippen molar-refractivity contribution in [2.24, 2.45) is 0 Å². The predicted molar refractivity (Wildman–Crippen MR) is 80.9 cm³/mol. The Morgan fingerprint density at radius 2 is 1.95 bits per heavy atom. The Kier molecular flexibility index (Phi) is 6.51. The van der Waals surface area contributed by atoms with Crippen molar-refractivity contribution in [1.29, 1.82) is 0 Å². The van der Waals surface area contributed by atoms with E-state index in [0.717, 1.165) is 12.3 Å². The van der Waals surface area contributed by atoms with Gasteiger partial charge in [0.15, 0.2) is 9.84 Å². The van der Waals surface area contributed by atoms with Crippen LogP contribution in [0.25, 0.3) is 0 Å². The van der Waals surface area contributed by atoms with Crippen molar-refractivity contribution in [3.8, 4) is 0 Å². The summed E-state index contributed by atoms with van der Waals surface area (Å²) in [6, 6.07) is 3.52. The van der Waals surface area contributed by atoms with Crippen LogP contribution in [0.1, 0.15) is 30.1 Å². The van der Waals surface area contributed by atoms with Crippen LogP contribution >= 0.6 is 0 Å². The van der Waals surface area contributed by atoms with Gasteiger partial charge in [-0.3, -0.25) is 4.79 Å². The highest BCUT2D eigenvalue weighted by atomic mass is 32.2. The molecule has 0 unspecified atom stereocenters. The quantitative estimate of drug-likeness (QED) is 0.700. The van der Waals surface area contributed by atoms with Gasteiger partial charge in [-0.2, -0.15) is 0 Å². The molecule has 0 saturated heterocycles. The first-order valence-electron chi connectivity index (χ1n) is 6.70. The van der Waals surface area contributed by atoms with Crippen LogP contribution in [-0.2, 0) is 19.4 Å². The lowest BCUT2D eigenvalue weighted by Gasteiger charge is -2.09. The maximum Gasteiger partial charge on any atom is 0.335 e. The van der Waals surface area contributed by atoms with Gasteiger partial charge in [0.25, 0.3) is 0 Å². The van der Waals surface area contributed by atoms with Gasteiger partial charge in [0.2, 0.25) is 5.91 Å². The molecule has 0 saturated carbocycles. The molecular formula is C14H19NO6S. The number of aromatic carboxylic acids is 1. The molecule has 0 heterocycles. The summed E-state index contributed by atoms with van der Waals surface area (Å²) >= 11 is 0. The molecule has 122 valence electrons. The lowest BCUT2D eigenvalue weighted by Crippen LogP contribution is -2.14. The van der Waals surface area contributed by atoms with Gasteiger partial charge in [0.05, 0.1) is 10.5 Å². The molecule has 0 radical (unpaired) electrons. The second kappa shape index (κ2) is 7.90. The summed E-state index contributed by atoms with van der Waals surface area (Å²) in [5.41, 5.74) is -0.0609. The molecule has 2 N–H and O–H groups in total. The average molecular weight is 329 g/mol. The molecule has 0 bridgehead atoms. The molecule has 0 fully saturated rings. The molecule has 1 aromatic carbocycles. The Bertz CT molecular complexity index is 653. The number of rotatable bonds is 8. The summed E-state index contributed by atoms with van der Waals surface area (Å²) in [5, 5.41) is 11.5. The van der Waals surface area contributed by atoms with E-state index < -0.39 is 15.8 Å². The summed E-state index contributed by atoms with van der Waals surface area (Å²) in [6.45, 7) is 2.87. The third-order valence-corrected chi connectivity index (χ3v) is 3.85. The molecule has 7 nitrogen and oxygen atoms in total. The van der Waals surface area contributed by atoms with Crippen LogP contribution in [0, 0.1) is 0 Å². The molecule has 1 amide bonds. The van der Waals surface area contributed by atoms with Gasteiger partial charge in [-0.1, -0.05) is 0 Å². The minimum absolute atomic E-state index is 0.140. The highest BCUT2D eigenvalue weighted by Crippen LogP contribution is 2.19. The van der Waals surface area contributed by atoms with Gasteiger partial charge in [-0.25, -0.2) is 13.2 Å². The van der Waals surface area contributed by atoms with Crippen LogP contribution in [0.15, 0.2) is 23.1 Å². The zero-order valence-corrected chi connectivity index (χ0v) is 13.3. The fraction of sp³-hybridized carbons (Fsp3) is 0.429. The normalized spacial score (nSPS) is 11.2. The Hall–Kier alpha value is -1.93. The predicted octanol–water partition coefficient (Wildman–Crippen LogP) is 1.54. The van der Waals surface area contributed by atoms with E-state index in [1.54, 1.807) is 0 Å². The SMILES string of the molecule is CCOCCCC(=O)Nc1cc(C(=O)O)cc(S(C)(=O)=O)c1. The molecule has 22 heavy (non-hydrogen) atoms. The summed E-state index contributed by atoms with van der Waals surface area (Å²) < 4.78 is 28.2. The average Bonchev–Trinajstić information content (AvgIpc) is 2.42. The van der Waals surface area contributed by atoms with Gasteiger partial charge < -0.3 is 15.2 Å². The van der Waals surface area contributed by atoms with Gasteiger partial charge >= 0.3 is 5.97 Å². The first-order valence-corrected chi connectivity index (χ1v) is 8.59. The molecule has 0 aliphatic rings. The number of anilines is 1. The molecule has 0 aliphatic heterocycles. The van der Waals surface area contributed by atoms with Gasteiger partial charge in [-0.05, 0) is 31.5 Å². The van der Waals surface area contributed by atoms with Crippen molar-refractivity contribution in [2.45, 2.75) is 24.7 Å². The number of amides is 1. The second-order valence-electron chi connectivity index (χ2n) is 4.67. The van der Waals surface area contributed by atoms with Crippen molar-refractivity contribution in [3.63, 3.8) is 0 Å². The lowest BCUT2D eigenvalue weighted by atomic mass is 10.2. The van der Waals surface area contributed by atoms with Gasteiger partial charge in [0, 0.05) is 31.6 Å². The number of carboxylic acids is 1. The first-order chi connectivity index (χ1) is 10.2. The number of hydrogen-bond donors (Lipinski definition) is 2. The summed E-state index contributed by atoms with van der Waals surface area (Å²) in [7, 11) is -3.58. The molecule has 0 atom stereocenters. The van der Waals surface area contributed by atoms with E-state index in [2.05, 4.69) is 5.32 Å². The number of carbonyl (C=O) groups is 2. The standard InChI is InChI=1S/C14H19NO6S/c1-3-21-6-4-5-13(16)15-11-7-10(14(17)18)8-12(9-11)22(2,19)20/h7-9H,3-6H2,1-2H3,(H,15,16)(H,17,18). The second-order valence-corrected chi connectivity index (χ2v) is 6.69. The largest absolute Gasteiger partial charge is 0.478 e. The third-order valence-electron chi connectivity index (χ3n) is 2.76. The van der Waals surface area contributed by atoms with E-state index in [0.29, 0.717) is 19.6 Å². The maximum absolute atomic E-state index is 11.8. The van der Waals surface area contributed by atoms with E-state index in [4.69, 9.17) is 9.84 Å². The maximum atomic E-state index is 11.8. The Morgan fingerprint density at radius 3 is 2.50 bits per heavy atom. The summed E-state index contributed by atoms with van der Waals surface area (Å²) in [6.07, 6.45) is 1.70. The molecular weight excluding hydrogens is 310 g/mol. The van der Waals surface area contributed by atoms with E-state index in [1.807, 2.05) is 6.92 Å². The number of nitrogens with one attached hydrogen (secondary N) is 1. The monoisotopic (exact) mass is 329 g/mol. The van der Waals surface area contributed by atoms with Crippen LogP contribution in [0.4, 0.5) is 5.69 Å². The fourth-order valence-corrected chi connectivity index (χ4v) is 2.39. The highest BCUT2D eigenvalue weighted by Gasteiger charge is 2.14. The van der Waals surface area contributed by atoms with E-state index >= 15 is 0 Å². The van der Waals surface area contributed by atoms with Crippen molar-refractivity contribution in [3.05, 3.63) is 23.8 Å². The number of carboxylic acid groups (broad SMARTS) is 1. The Labute approximate surface area is 129 Å². The molecule has 8 heteroatoms. The lowest BCUT2D eigenvalue weighted by molar-refractivity contribution is -0.116. The topological polar surface area (TPSA) is 110 Å². The molecule has 0 aliphatic carbocycles. The van der Waals surface area contributed by atoms with Crippen LogP contribution in [-0.4, -0.2) is 44.9 Å². The zero-order chi connectivity index (χ0) is 16.8. The summed E-state index contributed by atoms with van der Waals surface area (Å²) in [4.78, 5) is 22.6. The van der Waals surface area contributed by atoms with Gasteiger partial charge in [-0.15, -0.1) is 0 Å². The third kappa shape index (κ3) is 5.82. The number of ether oxygens (including phenoxy) is 1. The Morgan fingerprint density at radius 1 is 1.27 bits per heavy atom. The van der Waals surface area contributed by atoms with Crippen molar-refractivity contribution in [1.82, 2.24) is 0 Å². The molecule has 1 aromatic rings. The first kappa shape index (κ1) is 18.1. The van der Waals surface area contributed by atoms with Crippen LogP contribution in [0.3, 0.4) is 0 Å². The molecule has 0 aromatic heterocycles. The highest BCUT2D eigenvalue weighted by molar-refractivity contribution is 7.90.